The first kappa shape index (κ1) is 22.3. The fourth-order valence-corrected chi connectivity index (χ4v) is 1.56. The summed E-state index contributed by atoms with van der Waals surface area (Å²) in [4.78, 5) is 2.91. The van der Waals surface area contributed by atoms with Crippen molar-refractivity contribution in [3.8, 4) is 0 Å². The molecule has 0 saturated carbocycles. The molecule has 0 N–H and O–H groups in total. The summed E-state index contributed by atoms with van der Waals surface area (Å²) >= 11 is 0. The van der Waals surface area contributed by atoms with Crippen LogP contribution >= 0.6 is 0 Å². The Balaban J connectivity index is 3.55. The number of pyridine rings is 1. The Morgan fingerprint density at radius 1 is 0.615 bits per heavy atom. The molecule has 0 spiro atoms. The van der Waals surface area contributed by atoms with E-state index in [1.165, 1.54) is 0 Å². The minimum Gasteiger partial charge on any atom is -0.261 e. The van der Waals surface area contributed by atoms with Gasteiger partial charge in [0, 0.05) is 17.5 Å². The van der Waals surface area contributed by atoms with Crippen LogP contribution in [0, 0.1) is 6.92 Å². The van der Waals surface area contributed by atoms with Gasteiger partial charge in [0.2, 0.25) is 0 Å². The van der Waals surface area contributed by atoms with Gasteiger partial charge in [-0.2, -0.15) is 57.1 Å². The largest absolute Gasteiger partial charge is 0.460 e. The van der Waals surface area contributed by atoms with Gasteiger partial charge < -0.3 is 0 Å². The summed E-state index contributed by atoms with van der Waals surface area (Å²) in [6, 6.07) is 0.444. The number of hydrogen-bond donors (Lipinski definition) is 0. The highest BCUT2D eigenvalue weighted by Gasteiger charge is 2.90. The molecular weight excluding hydrogens is 405 g/mol. The molecule has 0 saturated heterocycles. The second kappa shape index (κ2) is 5.87. The van der Waals surface area contributed by atoms with Crippen molar-refractivity contribution < 1.29 is 57.1 Å². The molecule has 0 aliphatic heterocycles. The SMILES string of the molecule is [CH2]c1ccc(C(F)(F)C(F)(F)C(F)(F)C(F)(F)C(F)(F)C(F)(F)F)cn1. The van der Waals surface area contributed by atoms with Crippen LogP contribution in [0.1, 0.15) is 11.3 Å². The highest BCUT2D eigenvalue weighted by molar-refractivity contribution is 5.25. The van der Waals surface area contributed by atoms with E-state index in [9.17, 15) is 57.1 Å². The van der Waals surface area contributed by atoms with E-state index in [0.717, 1.165) is 0 Å². The van der Waals surface area contributed by atoms with Crippen LogP contribution in [0.2, 0.25) is 0 Å². The molecule has 1 aromatic heterocycles. The van der Waals surface area contributed by atoms with E-state index >= 15 is 0 Å². The lowest BCUT2D eigenvalue weighted by Gasteiger charge is -2.39. The molecule has 0 fully saturated rings. The second-order valence-electron chi connectivity index (χ2n) is 4.91. The van der Waals surface area contributed by atoms with Crippen LogP contribution in [0.25, 0.3) is 0 Å². The summed E-state index contributed by atoms with van der Waals surface area (Å²) in [6.45, 7) is 3.02. The van der Waals surface area contributed by atoms with E-state index in [1.807, 2.05) is 0 Å². The molecule has 1 radical (unpaired) electrons. The van der Waals surface area contributed by atoms with E-state index < -0.39 is 41.4 Å². The first-order valence-corrected chi connectivity index (χ1v) is 5.99. The molecule has 0 aliphatic rings. The minimum atomic E-state index is -7.91. The maximum Gasteiger partial charge on any atom is 0.460 e. The lowest BCUT2D eigenvalue weighted by molar-refractivity contribution is -0.441. The first-order valence-electron chi connectivity index (χ1n) is 5.99. The molecule has 0 aromatic carbocycles. The zero-order valence-electron chi connectivity index (χ0n) is 11.8. The molecule has 1 nitrogen and oxygen atoms in total. The summed E-state index contributed by atoms with van der Waals surface area (Å²) in [5.41, 5.74) is -2.49. The van der Waals surface area contributed by atoms with Crippen molar-refractivity contribution in [2.24, 2.45) is 0 Å². The van der Waals surface area contributed by atoms with Crippen LogP contribution < -0.4 is 0 Å². The maximum absolute atomic E-state index is 13.6. The van der Waals surface area contributed by atoms with Crippen LogP contribution in [-0.2, 0) is 5.92 Å². The van der Waals surface area contributed by atoms with E-state index in [-0.39, 0.29) is 18.0 Å². The van der Waals surface area contributed by atoms with Gasteiger partial charge in [-0.3, -0.25) is 4.98 Å². The number of hydrogen-bond acceptors (Lipinski definition) is 1. The molecule has 0 aliphatic carbocycles. The molecule has 149 valence electrons. The summed E-state index contributed by atoms with van der Waals surface area (Å²) in [6.07, 6.45) is -7.63. The molecule has 14 heteroatoms. The van der Waals surface area contributed by atoms with Crippen LogP contribution in [0.3, 0.4) is 0 Å². The van der Waals surface area contributed by atoms with Gasteiger partial charge in [-0.1, -0.05) is 0 Å². The Morgan fingerprint density at radius 3 is 1.38 bits per heavy atom. The first-order chi connectivity index (χ1) is 11.2. The Hall–Kier alpha value is -1.76. The van der Waals surface area contributed by atoms with Crippen LogP contribution in [0.4, 0.5) is 57.1 Å². The van der Waals surface area contributed by atoms with Gasteiger partial charge in [0.05, 0.1) is 0 Å². The summed E-state index contributed by atoms with van der Waals surface area (Å²) in [5, 5.41) is 0. The van der Waals surface area contributed by atoms with Crippen LogP contribution in [-0.4, -0.2) is 34.9 Å². The standard InChI is InChI=1S/C12H5F13N/c1-5-2-3-6(4-26-5)7(13,14)8(15,16)9(17,18)10(19,20)11(21,22)12(23,24)25/h2-4H,1H2. The number of alkyl halides is 13. The summed E-state index contributed by atoms with van der Waals surface area (Å²) in [5.74, 6) is -37.1. The summed E-state index contributed by atoms with van der Waals surface area (Å²) in [7, 11) is 0. The van der Waals surface area contributed by atoms with Gasteiger partial charge in [-0.25, -0.2) is 0 Å². The predicted octanol–water partition coefficient (Wildman–Crippen LogP) is 5.46. The maximum atomic E-state index is 13.6. The Labute approximate surface area is 135 Å². The van der Waals surface area contributed by atoms with E-state index in [1.54, 1.807) is 0 Å². The molecule has 0 unspecified atom stereocenters. The number of nitrogens with zero attached hydrogens (tertiary/aromatic N) is 1. The van der Waals surface area contributed by atoms with Crippen molar-refractivity contribution in [1.82, 2.24) is 4.98 Å². The third kappa shape index (κ3) is 2.86. The highest BCUT2D eigenvalue weighted by atomic mass is 19.4. The summed E-state index contributed by atoms with van der Waals surface area (Å²) < 4.78 is 168. The fraction of sp³-hybridized carbons (Fsp3) is 0.500. The van der Waals surface area contributed by atoms with Crippen molar-refractivity contribution in [1.29, 1.82) is 0 Å². The molecule has 1 aromatic rings. The Bertz CT molecular complexity index is 644. The van der Waals surface area contributed by atoms with E-state index in [2.05, 4.69) is 11.9 Å². The van der Waals surface area contributed by atoms with Gasteiger partial charge in [0.1, 0.15) is 0 Å². The van der Waals surface area contributed by atoms with Gasteiger partial charge in [-0.05, 0) is 19.1 Å². The molecule has 0 amide bonds. The lowest BCUT2D eigenvalue weighted by atomic mass is 9.91. The average Bonchev–Trinajstić information content (AvgIpc) is 2.45. The van der Waals surface area contributed by atoms with Gasteiger partial charge >= 0.3 is 35.8 Å². The topological polar surface area (TPSA) is 12.9 Å². The van der Waals surface area contributed by atoms with E-state index in [4.69, 9.17) is 0 Å². The third-order valence-electron chi connectivity index (χ3n) is 3.12. The van der Waals surface area contributed by atoms with Crippen molar-refractivity contribution >= 4 is 0 Å². The molecule has 1 heterocycles. The van der Waals surface area contributed by atoms with Gasteiger partial charge in [0.15, 0.2) is 0 Å². The Kier molecular flexibility index (Phi) is 5.03. The fourth-order valence-electron chi connectivity index (χ4n) is 1.56. The average molecular weight is 410 g/mol. The second-order valence-corrected chi connectivity index (χ2v) is 4.91. The van der Waals surface area contributed by atoms with Crippen molar-refractivity contribution in [2.45, 2.75) is 35.8 Å². The van der Waals surface area contributed by atoms with Gasteiger partial charge in [0.25, 0.3) is 0 Å². The van der Waals surface area contributed by atoms with E-state index in [0.29, 0.717) is 6.07 Å². The monoisotopic (exact) mass is 410 g/mol. The highest BCUT2D eigenvalue weighted by Crippen LogP contribution is 2.61. The number of aromatic nitrogens is 1. The van der Waals surface area contributed by atoms with Crippen molar-refractivity contribution in [3.05, 3.63) is 36.5 Å². The predicted molar refractivity (Wildman–Crippen MR) is 58.4 cm³/mol. The molecule has 1 rings (SSSR count). The lowest BCUT2D eigenvalue weighted by Crippen LogP contribution is -2.69. The Morgan fingerprint density at radius 2 is 1.04 bits per heavy atom. The zero-order valence-corrected chi connectivity index (χ0v) is 11.8. The molecule has 0 atom stereocenters. The minimum absolute atomic E-state index is 0.0145. The van der Waals surface area contributed by atoms with Crippen LogP contribution in [0.5, 0.6) is 0 Å². The van der Waals surface area contributed by atoms with Gasteiger partial charge in [-0.15, -0.1) is 0 Å². The quantitative estimate of drug-likeness (QED) is 0.588. The number of rotatable bonds is 5. The number of halogens is 13. The molecule has 0 bridgehead atoms. The normalized spacial score (nSPS) is 15.3. The smallest absolute Gasteiger partial charge is 0.261 e. The third-order valence-corrected chi connectivity index (χ3v) is 3.12. The molecular formula is C12H5F13N. The van der Waals surface area contributed by atoms with Crippen LogP contribution in [0.15, 0.2) is 18.3 Å². The van der Waals surface area contributed by atoms with Crippen molar-refractivity contribution in [3.63, 3.8) is 0 Å². The zero-order chi connectivity index (χ0) is 21.0. The molecule has 26 heavy (non-hydrogen) atoms. The van der Waals surface area contributed by atoms with Crippen molar-refractivity contribution in [2.75, 3.05) is 0 Å².